The molecule has 1 amide bonds. The number of Topliss-reactive ketones (excluding diaryl/α,β-unsaturated/α-hetero) is 1. The molecule has 0 aromatic heterocycles. The molecule has 18 heavy (non-hydrogen) atoms. The SMILES string of the molecule is CCCNS(=O)(=O)N1C(=O)C(=O)c2ccccc21. The van der Waals surface area contributed by atoms with Crippen LogP contribution in [0.2, 0.25) is 0 Å². The van der Waals surface area contributed by atoms with Crippen molar-refractivity contribution < 1.29 is 18.0 Å². The quantitative estimate of drug-likeness (QED) is 0.804. The average Bonchev–Trinajstić information content (AvgIpc) is 2.61. The molecule has 0 unspecified atom stereocenters. The number of rotatable bonds is 4. The van der Waals surface area contributed by atoms with E-state index >= 15 is 0 Å². The van der Waals surface area contributed by atoms with Crippen LogP contribution in [0.5, 0.6) is 0 Å². The van der Waals surface area contributed by atoms with Gasteiger partial charge in [0.2, 0.25) is 0 Å². The van der Waals surface area contributed by atoms with Gasteiger partial charge in [-0.15, -0.1) is 0 Å². The smallest absolute Gasteiger partial charge is 0.283 e. The number of nitrogens with zero attached hydrogens (tertiary/aromatic N) is 1. The summed E-state index contributed by atoms with van der Waals surface area (Å²) in [6, 6.07) is 6.03. The second kappa shape index (κ2) is 4.51. The van der Waals surface area contributed by atoms with Gasteiger partial charge in [0.15, 0.2) is 0 Å². The topological polar surface area (TPSA) is 83.6 Å². The van der Waals surface area contributed by atoms with E-state index in [0.29, 0.717) is 10.7 Å². The second-order valence-electron chi connectivity index (χ2n) is 3.82. The zero-order chi connectivity index (χ0) is 13.3. The summed E-state index contributed by atoms with van der Waals surface area (Å²) in [5.74, 6) is -1.84. The molecule has 1 N–H and O–H groups in total. The third kappa shape index (κ3) is 1.91. The van der Waals surface area contributed by atoms with Crippen LogP contribution >= 0.6 is 0 Å². The largest absolute Gasteiger partial charge is 0.314 e. The van der Waals surface area contributed by atoms with E-state index in [0.717, 1.165) is 0 Å². The summed E-state index contributed by atoms with van der Waals surface area (Å²) in [5, 5.41) is 0. The molecule has 1 aromatic carbocycles. The van der Waals surface area contributed by atoms with E-state index in [2.05, 4.69) is 4.72 Å². The molecule has 0 atom stereocenters. The molecule has 6 nitrogen and oxygen atoms in total. The Hall–Kier alpha value is -1.73. The Labute approximate surface area is 105 Å². The lowest BCUT2D eigenvalue weighted by Gasteiger charge is -2.16. The monoisotopic (exact) mass is 268 g/mol. The summed E-state index contributed by atoms with van der Waals surface area (Å²) in [4.78, 5) is 23.4. The van der Waals surface area contributed by atoms with Crippen LogP contribution in [0.1, 0.15) is 23.7 Å². The van der Waals surface area contributed by atoms with Gasteiger partial charge in [-0.25, -0.2) is 0 Å². The summed E-state index contributed by atoms with van der Waals surface area (Å²) in [7, 11) is -4.00. The number of benzene rings is 1. The number of hydrogen-bond donors (Lipinski definition) is 1. The van der Waals surface area contributed by atoms with Crippen molar-refractivity contribution in [3.05, 3.63) is 29.8 Å². The summed E-state index contributed by atoms with van der Waals surface area (Å²) in [6.45, 7) is 2.01. The van der Waals surface area contributed by atoms with E-state index in [1.165, 1.54) is 12.1 Å². The normalized spacial score (nSPS) is 15.1. The second-order valence-corrected chi connectivity index (χ2v) is 5.42. The molecule has 0 spiro atoms. The Kier molecular flexibility index (Phi) is 3.18. The Morgan fingerprint density at radius 1 is 1.22 bits per heavy atom. The molecule has 1 aromatic rings. The van der Waals surface area contributed by atoms with E-state index in [1.54, 1.807) is 19.1 Å². The third-order valence-corrected chi connectivity index (χ3v) is 3.93. The van der Waals surface area contributed by atoms with Crippen molar-refractivity contribution in [2.75, 3.05) is 10.8 Å². The highest BCUT2D eigenvalue weighted by atomic mass is 32.2. The zero-order valence-corrected chi connectivity index (χ0v) is 10.5. The van der Waals surface area contributed by atoms with E-state index in [9.17, 15) is 18.0 Å². The molecule has 0 saturated carbocycles. The van der Waals surface area contributed by atoms with Gasteiger partial charge in [-0.2, -0.15) is 17.4 Å². The van der Waals surface area contributed by atoms with Gasteiger partial charge < -0.3 is 0 Å². The van der Waals surface area contributed by atoms with Crippen molar-refractivity contribution in [1.29, 1.82) is 0 Å². The zero-order valence-electron chi connectivity index (χ0n) is 9.71. The van der Waals surface area contributed by atoms with Crippen LogP contribution in [-0.4, -0.2) is 26.7 Å². The average molecular weight is 268 g/mol. The van der Waals surface area contributed by atoms with Gasteiger partial charge in [-0.1, -0.05) is 19.1 Å². The lowest BCUT2D eigenvalue weighted by Crippen LogP contribution is -2.44. The van der Waals surface area contributed by atoms with Crippen LogP contribution in [-0.2, 0) is 15.0 Å². The van der Waals surface area contributed by atoms with Gasteiger partial charge in [0.25, 0.3) is 5.78 Å². The highest BCUT2D eigenvalue weighted by Crippen LogP contribution is 2.30. The number of carbonyl (C=O) groups is 2. The van der Waals surface area contributed by atoms with Crippen molar-refractivity contribution in [3.63, 3.8) is 0 Å². The Morgan fingerprint density at radius 3 is 2.56 bits per heavy atom. The van der Waals surface area contributed by atoms with Crippen molar-refractivity contribution in [2.45, 2.75) is 13.3 Å². The highest BCUT2D eigenvalue weighted by molar-refractivity contribution is 7.91. The molecule has 1 aliphatic rings. The minimum atomic E-state index is -4.00. The molecule has 0 saturated heterocycles. The fourth-order valence-corrected chi connectivity index (χ4v) is 3.00. The van der Waals surface area contributed by atoms with Crippen molar-refractivity contribution in [3.8, 4) is 0 Å². The maximum atomic E-state index is 12.0. The fourth-order valence-electron chi connectivity index (χ4n) is 1.69. The van der Waals surface area contributed by atoms with E-state index in [-0.39, 0.29) is 17.8 Å². The first-order valence-electron chi connectivity index (χ1n) is 5.46. The number of nitrogens with one attached hydrogen (secondary N) is 1. The van der Waals surface area contributed by atoms with Gasteiger partial charge in [-0.3, -0.25) is 9.59 Å². The summed E-state index contributed by atoms with van der Waals surface area (Å²) in [6.07, 6.45) is 0.594. The molecule has 0 radical (unpaired) electrons. The number of anilines is 1. The number of carbonyl (C=O) groups excluding carboxylic acids is 2. The third-order valence-electron chi connectivity index (χ3n) is 2.52. The molecule has 96 valence electrons. The maximum absolute atomic E-state index is 12.0. The number of hydrogen-bond acceptors (Lipinski definition) is 4. The molecule has 7 heteroatoms. The van der Waals surface area contributed by atoms with Crippen molar-refractivity contribution >= 4 is 27.6 Å². The highest BCUT2D eigenvalue weighted by Gasteiger charge is 2.42. The van der Waals surface area contributed by atoms with Crippen LogP contribution in [0.25, 0.3) is 0 Å². The molecular weight excluding hydrogens is 256 g/mol. The van der Waals surface area contributed by atoms with Gasteiger partial charge in [0.1, 0.15) is 0 Å². The summed E-state index contributed by atoms with van der Waals surface area (Å²) >= 11 is 0. The van der Waals surface area contributed by atoms with Gasteiger partial charge in [0.05, 0.1) is 11.3 Å². The van der Waals surface area contributed by atoms with Crippen molar-refractivity contribution in [1.82, 2.24) is 4.72 Å². The number of para-hydroxylation sites is 1. The number of fused-ring (bicyclic) bond motifs is 1. The minimum Gasteiger partial charge on any atom is -0.283 e. The fraction of sp³-hybridized carbons (Fsp3) is 0.273. The van der Waals surface area contributed by atoms with Crippen LogP contribution in [0.15, 0.2) is 24.3 Å². The van der Waals surface area contributed by atoms with Gasteiger partial charge in [-0.05, 0) is 18.6 Å². The molecule has 0 bridgehead atoms. The first-order valence-corrected chi connectivity index (χ1v) is 6.90. The molecule has 2 rings (SSSR count). The Bertz CT molecular complexity index is 609. The molecule has 0 aliphatic carbocycles. The predicted octanol–water partition coefficient (Wildman–Crippen LogP) is 0.460. The van der Waals surface area contributed by atoms with Gasteiger partial charge in [0, 0.05) is 6.54 Å². The molecule has 1 heterocycles. The first-order chi connectivity index (χ1) is 8.49. The van der Waals surface area contributed by atoms with E-state index in [1.807, 2.05) is 0 Å². The molecule has 1 aliphatic heterocycles. The van der Waals surface area contributed by atoms with Gasteiger partial charge >= 0.3 is 16.1 Å². The number of amides is 1. The Morgan fingerprint density at radius 2 is 1.89 bits per heavy atom. The maximum Gasteiger partial charge on any atom is 0.314 e. The first kappa shape index (κ1) is 12.7. The van der Waals surface area contributed by atoms with Crippen molar-refractivity contribution in [2.24, 2.45) is 0 Å². The van der Waals surface area contributed by atoms with Crippen LogP contribution in [0.4, 0.5) is 5.69 Å². The van der Waals surface area contributed by atoms with Crippen LogP contribution in [0, 0.1) is 0 Å². The molecule has 0 fully saturated rings. The minimum absolute atomic E-state index is 0.108. The predicted molar refractivity (Wildman–Crippen MR) is 65.5 cm³/mol. The van der Waals surface area contributed by atoms with E-state index in [4.69, 9.17) is 0 Å². The summed E-state index contributed by atoms with van der Waals surface area (Å²) < 4.78 is 26.7. The lowest BCUT2D eigenvalue weighted by atomic mass is 10.1. The Balaban J connectivity index is 2.47. The lowest BCUT2D eigenvalue weighted by molar-refractivity contribution is -0.113. The molecular formula is C11H12N2O4S. The number of ketones is 1. The summed E-state index contributed by atoms with van der Waals surface area (Å²) in [5.41, 5.74) is 0.223. The van der Waals surface area contributed by atoms with E-state index < -0.39 is 21.9 Å². The standard InChI is InChI=1S/C11H12N2O4S/c1-2-7-12-18(16,17)13-9-6-4-3-5-8(9)10(14)11(13)15/h3-6,12H,2,7H2,1H3. The van der Waals surface area contributed by atoms with Crippen LogP contribution in [0.3, 0.4) is 0 Å². The van der Waals surface area contributed by atoms with Crippen LogP contribution < -0.4 is 9.03 Å².